The van der Waals surface area contributed by atoms with Crippen molar-refractivity contribution in [2.75, 3.05) is 12.3 Å². The van der Waals surface area contributed by atoms with E-state index in [1.165, 1.54) is 19.4 Å². The molecule has 2 heterocycles. The van der Waals surface area contributed by atoms with Gasteiger partial charge in [0.2, 0.25) is 0 Å². The summed E-state index contributed by atoms with van der Waals surface area (Å²) in [5.41, 5.74) is 7.67. The molecule has 0 amide bonds. The van der Waals surface area contributed by atoms with E-state index in [4.69, 9.17) is 5.73 Å². The maximum absolute atomic E-state index is 5.77. The van der Waals surface area contributed by atoms with E-state index in [9.17, 15) is 0 Å². The van der Waals surface area contributed by atoms with Crippen LogP contribution in [0.2, 0.25) is 0 Å². The Labute approximate surface area is 97.7 Å². The molecule has 0 aliphatic carbocycles. The van der Waals surface area contributed by atoms with E-state index in [0.717, 1.165) is 23.8 Å². The van der Waals surface area contributed by atoms with E-state index < -0.39 is 0 Å². The summed E-state index contributed by atoms with van der Waals surface area (Å²) in [6, 6.07) is 4.53. The van der Waals surface area contributed by atoms with Crippen LogP contribution in [0, 0.1) is 5.92 Å². The molecule has 2 rings (SSSR count). The van der Waals surface area contributed by atoms with Crippen molar-refractivity contribution in [2.45, 2.75) is 39.3 Å². The Hall–Kier alpha value is -1.09. The van der Waals surface area contributed by atoms with Crippen molar-refractivity contribution in [2.24, 2.45) is 5.92 Å². The fourth-order valence-electron chi connectivity index (χ4n) is 2.59. The van der Waals surface area contributed by atoms with E-state index in [-0.39, 0.29) is 0 Å². The van der Waals surface area contributed by atoms with Gasteiger partial charge >= 0.3 is 0 Å². The van der Waals surface area contributed by atoms with Crippen LogP contribution in [0.25, 0.3) is 0 Å². The molecule has 1 saturated heterocycles. The zero-order valence-electron chi connectivity index (χ0n) is 10.2. The summed E-state index contributed by atoms with van der Waals surface area (Å²) < 4.78 is 0. The summed E-state index contributed by atoms with van der Waals surface area (Å²) in [6.07, 6.45) is 4.43. The standard InChI is InChI=1S/C13H21N3/c1-10(2)13-4-3-7-16(13)9-12-8-11(14)5-6-15-12/h5-6,8,10,13H,3-4,7,9H2,1-2H3,(H2,14,15). The molecular formula is C13H21N3. The third kappa shape index (κ3) is 2.53. The number of nitrogens with two attached hydrogens (primary N) is 1. The Morgan fingerprint density at radius 1 is 1.56 bits per heavy atom. The van der Waals surface area contributed by atoms with Crippen molar-refractivity contribution in [1.29, 1.82) is 0 Å². The summed E-state index contributed by atoms with van der Waals surface area (Å²) in [7, 11) is 0. The normalized spacial score (nSPS) is 21.8. The number of nitrogens with zero attached hydrogens (tertiary/aromatic N) is 2. The van der Waals surface area contributed by atoms with Gasteiger partial charge in [-0.05, 0) is 37.4 Å². The van der Waals surface area contributed by atoms with Crippen LogP contribution in [0.1, 0.15) is 32.4 Å². The van der Waals surface area contributed by atoms with Gasteiger partial charge in [-0.2, -0.15) is 0 Å². The first-order valence-electron chi connectivity index (χ1n) is 6.11. The Bertz CT molecular complexity index is 349. The molecular weight excluding hydrogens is 198 g/mol. The predicted molar refractivity (Wildman–Crippen MR) is 66.9 cm³/mol. The van der Waals surface area contributed by atoms with Gasteiger partial charge in [-0.1, -0.05) is 13.8 Å². The predicted octanol–water partition coefficient (Wildman–Crippen LogP) is 2.28. The Balaban J connectivity index is 2.04. The fourth-order valence-corrected chi connectivity index (χ4v) is 2.59. The topological polar surface area (TPSA) is 42.1 Å². The first-order valence-corrected chi connectivity index (χ1v) is 6.11. The van der Waals surface area contributed by atoms with Crippen molar-refractivity contribution < 1.29 is 0 Å². The van der Waals surface area contributed by atoms with Crippen LogP contribution in [0.5, 0.6) is 0 Å². The molecule has 0 bridgehead atoms. The lowest BCUT2D eigenvalue weighted by Crippen LogP contribution is -2.33. The molecule has 2 N–H and O–H groups in total. The number of anilines is 1. The average Bonchev–Trinajstić information content (AvgIpc) is 2.66. The van der Waals surface area contributed by atoms with Crippen molar-refractivity contribution in [3.05, 3.63) is 24.0 Å². The molecule has 1 aliphatic heterocycles. The molecule has 1 atom stereocenters. The summed E-state index contributed by atoms with van der Waals surface area (Å²) in [6.45, 7) is 6.73. The third-order valence-electron chi connectivity index (χ3n) is 3.39. The second-order valence-electron chi connectivity index (χ2n) is 5.00. The van der Waals surface area contributed by atoms with Crippen LogP contribution in [0.15, 0.2) is 18.3 Å². The maximum Gasteiger partial charge on any atom is 0.0564 e. The average molecular weight is 219 g/mol. The van der Waals surface area contributed by atoms with Gasteiger partial charge in [0.1, 0.15) is 0 Å². The second kappa shape index (κ2) is 4.83. The van der Waals surface area contributed by atoms with Crippen LogP contribution in [-0.2, 0) is 6.54 Å². The van der Waals surface area contributed by atoms with Gasteiger partial charge in [0, 0.05) is 24.5 Å². The highest BCUT2D eigenvalue weighted by atomic mass is 15.2. The van der Waals surface area contributed by atoms with E-state index >= 15 is 0 Å². The highest BCUT2D eigenvalue weighted by Crippen LogP contribution is 2.25. The minimum absolute atomic E-state index is 0.711. The highest BCUT2D eigenvalue weighted by Gasteiger charge is 2.26. The second-order valence-corrected chi connectivity index (χ2v) is 5.00. The number of aromatic nitrogens is 1. The first kappa shape index (κ1) is 11.4. The monoisotopic (exact) mass is 219 g/mol. The smallest absolute Gasteiger partial charge is 0.0564 e. The van der Waals surface area contributed by atoms with Gasteiger partial charge in [0.25, 0.3) is 0 Å². The molecule has 1 aromatic heterocycles. The number of rotatable bonds is 3. The van der Waals surface area contributed by atoms with E-state index in [1.807, 2.05) is 12.1 Å². The zero-order valence-corrected chi connectivity index (χ0v) is 10.2. The Morgan fingerprint density at radius 3 is 3.06 bits per heavy atom. The lowest BCUT2D eigenvalue weighted by atomic mass is 10.0. The molecule has 1 aromatic rings. The van der Waals surface area contributed by atoms with Gasteiger partial charge < -0.3 is 5.73 Å². The number of hydrogen-bond donors (Lipinski definition) is 1. The maximum atomic E-state index is 5.77. The van der Waals surface area contributed by atoms with E-state index in [1.54, 1.807) is 6.20 Å². The van der Waals surface area contributed by atoms with E-state index in [2.05, 4.69) is 23.7 Å². The van der Waals surface area contributed by atoms with Gasteiger partial charge in [0.15, 0.2) is 0 Å². The molecule has 1 aliphatic rings. The molecule has 16 heavy (non-hydrogen) atoms. The van der Waals surface area contributed by atoms with Crippen molar-refractivity contribution >= 4 is 5.69 Å². The molecule has 1 unspecified atom stereocenters. The number of nitrogen functional groups attached to an aromatic ring is 1. The highest BCUT2D eigenvalue weighted by molar-refractivity contribution is 5.37. The minimum atomic E-state index is 0.711. The summed E-state index contributed by atoms with van der Waals surface area (Å²) in [5, 5.41) is 0. The van der Waals surface area contributed by atoms with Crippen molar-refractivity contribution in [3.8, 4) is 0 Å². The van der Waals surface area contributed by atoms with Crippen LogP contribution in [0.4, 0.5) is 5.69 Å². The largest absolute Gasteiger partial charge is 0.399 e. The van der Waals surface area contributed by atoms with Crippen molar-refractivity contribution in [3.63, 3.8) is 0 Å². The fraction of sp³-hybridized carbons (Fsp3) is 0.615. The Morgan fingerprint density at radius 2 is 2.38 bits per heavy atom. The molecule has 88 valence electrons. The SMILES string of the molecule is CC(C)C1CCCN1Cc1cc(N)ccn1. The van der Waals surface area contributed by atoms with Crippen LogP contribution in [0.3, 0.4) is 0 Å². The van der Waals surface area contributed by atoms with Crippen LogP contribution in [-0.4, -0.2) is 22.5 Å². The van der Waals surface area contributed by atoms with Gasteiger partial charge in [0.05, 0.1) is 5.69 Å². The lowest BCUT2D eigenvalue weighted by molar-refractivity contribution is 0.197. The molecule has 0 radical (unpaired) electrons. The molecule has 0 saturated carbocycles. The number of pyridine rings is 1. The van der Waals surface area contributed by atoms with Gasteiger partial charge in [-0.25, -0.2) is 0 Å². The molecule has 3 heteroatoms. The number of hydrogen-bond acceptors (Lipinski definition) is 3. The molecule has 3 nitrogen and oxygen atoms in total. The summed E-state index contributed by atoms with van der Waals surface area (Å²) in [4.78, 5) is 6.91. The lowest BCUT2D eigenvalue weighted by Gasteiger charge is -2.27. The molecule has 0 spiro atoms. The zero-order chi connectivity index (χ0) is 11.5. The molecule has 1 fully saturated rings. The van der Waals surface area contributed by atoms with E-state index in [0.29, 0.717) is 6.04 Å². The third-order valence-corrected chi connectivity index (χ3v) is 3.39. The van der Waals surface area contributed by atoms with Gasteiger partial charge in [-0.3, -0.25) is 9.88 Å². The first-order chi connectivity index (χ1) is 7.66. The number of likely N-dealkylation sites (tertiary alicyclic amines) is 1. The minimum Gasteiger partial charge on any atom is -0.399 e. The summed E-state index contributed by atoms with van der Waals surface area (Å²) >= 11 is 0. The van der Waals surface area contributed by atoms with Crippen molar-refractivity contribution in [1.82, 2.24) is 9.88 Å². The van der Waals surface area contributed by atoms with Crippen LogP contribution < -0.4 is 5.73 Å². The summed E-state index contributed by atoms with van der Waals surface area (Å²) in [5.74, 6) is 0.726. The Kier molecular flexibility index (Phi) is 3.44. The quantitative estimate of drug-likeness (QED) is 0.848. The van der Waals surface area contributed by atoms with Gasteiger partial charge in [-0.15, -0.1) is 0 Å². The molecule has 0 aromatic carbocycles. The van der Waals surface area contributed by atoms with Crippen LogP contribution >= 0.6 is 0 Å².